The van der Waals surface area contributed by atoms with Gasteiger partial charge in [-0.25, -0.2) is 19.3 Å². The van der Waals surface area contributed by atoms with Crippen LogP contribution in [0.4, 0.5) is 10.2 Å². The molecule has 1 fully saturated rings. The van der Waals surface area contributed by atoms with Crippen molar-refractivity contribution in [2.75, 3.05) is 31.9 Å². The summed E-state index contributed by atoms with van der Waals surface area (Å²) >= 11 is 0. The zero-order valence-electron chi connectivity index (χ0n) is 19.7. The first kappa shape index (κ1) is 22.3. The fourth-order valence-corrected chi connectivity index (χ4v) is 4.69. The predicted molar refractivity (Wildman–Crippen MR) is 140 cm³/mol. The van der Waals surface area contributed by atoms with E-state index < -0.39 is 0 Å². The number of imidazole rings is 1. The number of hydrogen-bond donors (Lipinski definition) is 2. The van der Waals surface area contributed by atoms with Gasteiger partial charge in [-0.3, -0.25) is 9.47 Å². The highest BCUT2D eigenvalue weighted by atomic mass is 19.1. The van der Waals surface area contributed by atoms with Crippen LogP contribution in [0.25, 0.3) is 39.5 Å². The first-order valence-corrected chi connectivity index (χ1v) is 12.0. The topological polar surface area (TPSA) is 84.9 Å². The van der Waals surface area contributed by atoms with Crippen molar-refractivity contribution in [3.8, 4) is 28.3 Å². The van der Waals surface area contributed by atoms with Crippen molar-refractivity contribution < 1.29 is 4.39 Å². The van der Waals surface area contributed by atoms with Gasteiger partial charge in [0.1, 0.15) is 17.2 Å². The lowest BCUT2D eigenvalue weighted by molar-refractivity contribution is 0.233. The smallest absolute Gasteiger partial charge is 0.165 e. The quantitative estimate of drug-likeness (QED) is 0.392. The Hall–Kier alpha value is -4.14. The van der Waals surface area contributed by atoms with Gasteiger partial charge in [0.25, 0.3) is 0 Å². The lowest BCUT2D eigenvalue weighted by atomic mass is 10.1. The first-order chi connectivity index (χ1) is 17.7. The van der Waals surface area contributed by atoms with E-state index >= 15 is 0 Å². The van der Waals surface area contributed by atoms with Crippen LogP contribution >= 0.6 is 0 Å². The van der Waals surface area contributed by atoms with Gasteiger partial charge in [-0.15, -0.1) is 0 Å². The van der Waals surface area contributed by atoms with Gasteiger partial charge in [0.05, 0.1) is 11.3 Å². The summed E-state index contributed by atoms with van der Waals surface area (Å²) in [5.41, 5.74) is 11.4. The summed E-state index contributed by atoms with van der Waals surface area (Å²) < 4.78 is 16.5. The van der Waals surface area contributed by atoms with Gasteiger partial charge in [0.2, 0.25) is 0 Å². The number of nitrogen functional groups attached to an aromatic ring is 1. The number of anilines is 1. The molecular formula is C28H26FN7. The summed E-state index contributed by atoms with van der Waals surface area (Å²) in [5, 5.41) is 3.39. The molecule has 0 bridgehead atoms. The second-order valence-corrected chi connectivity index (χ2v) is 8.92. The Morgan fingerprint density at radius 2 is 1.64 bits per heavy atom. The molecule has 36 heavy (non-hydrogen) atoms. The van der Waals surface area contributed by atoms with Crippen molar-refractivity contribution in [2.24, 2.45) is 0 Å². The molecule has 0 amide bonds. The van der Waals surface area contributed by atoms with Crippen LogP contribution in [0.15, 0.2) is 79.0 Å². The van der Waals surface area contributed by atoms with Gasteiger partial charge >= 0.3 is 0 Å². The molecule has 0 spiro atoms. The minimum absolute atomic E-state index is 0.315. The van der Waals surface area contributed by atoms with E-state index in [1.54, 1.807) is 30.5 Å². The molecule has 0 radical (unpaired) electrons. The molecule has 8 heteroatoms. The molecule has 5 aromatic rings. The molecule has 1 aliphatic heterocycles. The van der Waals surface area contributed by atoms with E-state index in [9.17, 15) is 4.39 Å². The number of hydrogen-bond acceptors (Lipinski definition) is 6. The normalized spacial score (nSPS) is 14.4. The van der Waals surface area contributed by atoms with Crippen LogP contribution in [0.3, 0.4) is 0 Å². The van der Waals surface area contributed by atoms with Crippen LogP contribution < -0.4 is 11.1 Å². The van der Waals surface area contributed by atoms with Crippen LogP contribution in [-0.2, 0) is 6.54 Å². The maximum Gasteiger partial charge on any atom is 0.165 e. The monoisotopic (exact) mass is 479 g/mol. The van der Waals surface area contributed by atoms with Crippen LogP contribution in [0, 0.1) is 5.82 Å². The Morgan fingerprint density at radius 3 is 2.42 bits per heavy atom. The predicted octanol–water partition coefficient (Wildman–Crippen LogP) is 4.28. The molecule has 4 heterocycles. The van der Waals surface area contributed by atoms with E-state index in [-0.39, 0.29) is 5.82 Å². The summed E-state index contributed by atoms with van der Waals surface area (Å²) in [6.45, 7) is 5.03. The molecule has 2 aromatic carbocycles. The average molecular weight is 480 g/mol. The Morgan fingerprint density at radius 1 is 0.861 bits per heavy atom. The summed E-state index contributed by atoms with van der Waals surface area (Å²) in [4.78, 5) is 16.4. The van der Waals surface area contributed by atoms with Crippen molar-refractivity contribution in [1.29, 1.82) is 0 Å². The summed E-state index contributed by atoms with van der Waals surface area (Å²) in [6, 6.07) is 22.5. The van der Waals surface area contributed by atoms with Crippen molar-refractivity contribution in [3.05, 3.63) is 90.4 Å². The molecule has 6 rings (SSSR count). The van der Waals surface area contributed by atoms with E-state index in [0.717, 1.165) is 38.4 Å². The van der Waals surface area contributed by atoms with Gasteiger partial charge in [0, 0.05) is 50.2 Å². The molecule has 1 aliphatic rings. The highest BCUT2D eigenvalue weighted by Gasteiger charge is 2.19. The molecule has 1 saturated heterocycles. The largest absolute Gasteiger partial charge is 0.383 e. The lowest BCUT2D eigenvalue weighted by Crippen LogP contribution is -2.42. The SMILES string of the molecule is Nc1ncccc1-c1nc2ccc(-c3ccccc3F)nc2n1-c1ccc(CN2CCNCC2)cc1. The number of nitrogens with two attached hydrogens (primary N) is 1. The zero-order chi connectivity index (χ0) is 24.5. The van der Waals surface area contributed by atoms with Crippen LogP contribution in [0.2, 0.25) is 0 Å². The lowest BCUT2D eigenvalue weighted by Gasteiger charge is -2.27. The third-order valence-electron chi connectivity index (χ3n) is 6.54. The number of pyridine rings is 2. The van der Waals surface area contributed by atoms with Gasteiger partial charge in [0.15, 0.2) is 11.5 Å². The Labute approximate surface area is 208 Å². The first-order valence-electron chi connectivity index (χ1n) is 12.0. The number of aromatic nitrogens is 4. The molecule has 3 aromatic heterocycles. The van der Waals surface area contributed by atoms with Gasteiger partial charge < -0.3 is 11.1 Å². The summed E-state index contributed by atoms with van der Waals surface area (Å²) in [6.07, 6.45) is 1.66. The van der Waals surface area contributed by atoms with Crippen LogP contribution in [0.5, 0.6) is 0 Å². The van der Waals surface area contributed by atoms with E-state index in [0.29, 0.717) is 39.6 Å². The number of nitrogens with one attached hydrogen (secondary N) is 1. The Kier molecular flexibility index (Phi) is 5.88. The molecule has 0 saturated carbocycles. The van der Waals surface area contributed by atoms with Crippen molar-refractivity contribution in [3.63, 3.8) is 0 Å². The Balaban J connectivity index is 1.48. The van der Waals surface area contributed by atoms with Gasteiger partial charge in [-0.2, -0.15) is 0 Å². The van der Waals surface area contributed by atoms with E-state index in [1.165, 1.54) is 11.6 Å². The average Bonchev–Trinajstić information content (AvgIpc) is 3.29. The van der Waals surface area contributed by atoms with E-state index in [2.05, 4.69) is 39.5 Å². The fraction of sp³-hybridized carbons (Fsp3) is 0.179. The van der Waals surface area contributed by atoms with Crippen LogP contribution in [-0.4, -0.2) is 50.6 Å². The molecule has 7 nitrogen and oxygen atoms in total. The van der Waals surface area contributed by atoms with Crippen LogP contribution in [0.1, 0.15) is 5.56 Å². The number of rotatable bonds is 5. The third-order valence-corrected chi connectivity index (χ3v) is 6.54. The minimum Gasteiger partial charge on any atom is -0.383 e. The minimum atomic E-state index is -0.315. The summed E-state index contributed by atoms with van der Waals surface area (Å²) in [5.74, 6) is 0.715. The van der Waals surface area contributed by atoms with E-state index in [1.807, 2.05) is 22.8 Å². The van der Waals surface area contributed by atoms with Gasteiger partial charge in [-0.05, 0) is 54.1 Å². The van der Waals surface area contributed by atoms with Crippen molar-refractivity contribution in [1.82, 2.24) is 29.7 Å². The molecular weight excluding hydrogens is 453 g/mol. The molecule has 0 unspecified atom stereocenters. The molecule has 3 N–H and O–H groups in total. The maximum atomic E-state index is 14.6. The number of piperazine rings is 1. The molecule has 0 atom stereocenters. The summed E-state index contributed by atoms with van der Waals surface area (Å²) in [7, 11) is 0. The highest BCUT2D eigenvalue weighted by molar-refractivity contribution is 5.84. The standard InChI is InChI=1S/C28H26FN7/c29-23-6-2-1-4-21(23)24-11-12-25-28(33-24)36(27(34-25)22-5-3-13-32-26(22)30)20-9-7-19(8-10-20)18-35-16-14-31-15-17-35/h1-13,31H,14-18H2,(H2,30,32). The molecule has 180 valence electrons. The zero-order valence-corrected chi connectivity index (χ0v) is 19.7. The number of halogens is 1. The third kappa shape index (κ3) is 4.21. The van der Waals surface area contributed by atoms with Crippen molar-refractivity contribution >= 4 is 17.0 Å². The second kappa shape index (κ2) is 9.49. The van der Waals surface area contributed by atoms with E-state index in [4.69, 9.17) is 15.7 Å². The van der Waals surface area contributed by atoms with Gasteiger partial charge in [-0.1, -0.05) is 24.3 Å². The highest BCUT2D eigenvalue weighted by Crippen LogP contribution is 2.32. The number of benzene rings is 2. The molecule has 0 aliphatic carbocycles. The fourth-order valence-electron chi connectivity index (χ4n) is 4.69. The number of nitrogens with zero attached hydrogens (tertiary/aromatic N) is 5. The van der Waals surface area contributed by atoms with Crippen molar-refractivity contribution in [2.45, 2.75) is 6.54 Å². The Bertz CT molecular complexity index is 1520. The second-order valence-electron chi connectivity index (χ2n) is 8.92. The maximum absolute atomic E-state index is 14.6. The number of fused-ring (bicyclic) bond motifs is 1.